The summed E-state index contributed by atoms with van der Waals surface area (Å²) in [6.45, 7) is 6.46. The fraction of sp³-hybridized carbons (Fsp3) is 0.500. The van der Waals surface area contributed by atoms with Gasteiger partial charge in [0.25, 0.3) is 0 Å². The van der Waals surface area contributed by atoms with E-state index in [2.05, 4.69) is 41.6 Å². The molecule has 0 bridgehead atoms. The molecule has 24 heavy (non-hydrogen) atoms. The maximum atomic E-state index is 10.1. The quantitative estimate of drug-likeness (QED) is 0.657. The molecular weight excluding hydrogens is 386 g/mol. The van der Waals surface area contributed by atoms with Gasteiger partial charge in [-0.15, -0.1) is 0 Å². The van der Waals surface area contributed by atoms with E-state index in [0.717, 1.165) is 15.8 Å². The highest BCUT2D eigenvalue weighted by Crippen LogP contribution is 2.45. The third kappa shape index (κ3) is 3.85. The van der Waals surface area contributed by atoms with Gasteiger partial charge >= 0.3 is 0 Å². The number of hydrogen-bond donors (Lipinski definition) is 0. The zero-order chi connectivity index (χ0) is 18.0. The molecule has 0 N–H and O–H groups in total. The summed E-state index contributed by atoms with van der Waals surface area (Å²) in [5.74, 6) is 1.63. The van der Waals surface area contributed by atoms with Crippen LogP contribution in [0.1, 0.15) is 18.4 Å². The average molecular weight is 410 g/mol. The van der Waals surface area contributed by atoms with Crippen molar-refractivity contribution in [3.8, 4) is 11.8 Å². The molecule has 1 aromatic rings. The first-order chi connectivity index (χ1) is 11.3. The number of halogens is 1. The van der Waals surface area contributed by atoms with Gasteiger partial charge in [-0.25, -0.2) is 0 Å². The van der Waals surface area contributed by atoms with E-state index < -0.39 is 13.7 Å². The number of methoxy groups -OCH3 is 2. The Hall–Kier alpha value is -1.29. The Labute approximate surface area is 153 Å². The number of rotatable bonds is 5. The molecule has 0 radical (unpaired) electrons. The molecule has 1 aliphatic carbocycles. The molecule has 130 valence electrons. The van der Waals surface area contributed by atoms with E-state index in [1.165, 1.54) is 0 Å². The van der Waals surface area contributed by atoms with Gasteiger partial charge < -0.3 is 13.9 Å². The van der Waals surface area contributed by atoms with Crippen LogP contribution in [0.25, 0.3) is 0 Å². The molecule has 0 fully saturated rings. The Morgan fingerprint density at radius 2 is 2.00 bits per heavy atom. The van der Waals surface area contributed by atoms with Crippen LogP contribution in [-0.4, -0.2) is 28.6 Å². The van der Waals surface area contributed by atoms with Crippen LogP contribution in [0.2, 0.25) is 19.6 Å². The Bertz CT molecular complexity index is 678. The first-order valence-corrected chi connectivity index (χ1v) is 12.1. The maximum Gasteiger partial charge on any atom is 0.241 e. The number of ether oxygens (including phenoxy) is 2. The second-order valence-corrected chi connectivity index (χ2v) is 12.3. The molecule has 0 saturated carbocycles. The van der Waals surface area contributed by atoms with Crippen LogP contribution in [0.5, 0.6) is 5.75 Å². The standard InChI is InChI=1S/C18H24BrNO3Si/c1-21-16-7-6-13(19)10-15(16)18(12-20)9-8-14(11-17(18)22-2)23-24(3,4)5/h6-7,10-11,17H,8-9H2,1-5H3. The Kier molecular flexibility index (Phi) is 5.79. The van der Waals surface area contributed by atoms with Gasteiger partial charge in [-0.3, -0.25) is 0 Å². The number of allylic oxidation sites excluding steroid dienone is 1. The summed E-state index contributed by atoms with van der Waals surface area (Å²) in [7, 11) is 1.57. The Morgan fingerprint density at radius 3 is 2.54 bits per heavy atom. The average Bonchev–Trinajstić information content (AvgIpc) is 2.53. The van der Waals surface area contributed by atoms with Crippen molar-refractivity contribution >= 4 is 24.2 Å². The molecule has 0 aromatic heterocycles. The van der Waals surface area contributed by atoms with E-state index in [-0.39, 0.29) is 6.10 Å². The molecule has 1 aliphatic rings. The lowest BCUT2D eigenvalue weighted by Gasteiger charge is -2.38. The molecule has 2 unspecified atom stereocenters. The molecule has 0 aliphatic heterocycles. The van der Waals surface area contributed by atoms with E-state index in [4.69, 9.17) is 13.9 Å². The van der Waals surface area contributed by atoms with Gasteiger partial charge in [-0.05, 0) is 50.3 Å². The monoisotopic (exact) mass is 409 g/mol. The van der Waals surface area contributed by atoms with Crippen LogP contribution in [0, 0.1) is 11.3 Å². The minimum atomic E-state index is -1.69. The third-order valence-electron chi connectivity index (χ3n) is 4.12. The largest absolute Gasteiger partial charge is 0.547 e. The molecule has 0 spiro atoms. The Morgan fingerprint density at radius 1 is 1.29 bits per heavy atom. The lowest BCUT2D eigenvalue weighted by molar-refractivity contribution is 0.0737. The van der Waals surface area contributed by atoms with Gasteiger partial charge in [0.2, 0.25) is 8.32 Å². The summed E-state index contributed by atoms with van der Waals surface area (Å²) < 4.78 is 18.3. The summed E-state index contributed by atoms with van der Waals surface area (Å²) >= 11 is 3.50. The number of benzene rings is 1. The highest BCUT2D eigenvalue weighted by molar-refractivity contribution is 9.10. The molecule has 2 atom stereocenters. The van der Waals surface area contributed by atoms with Crippen LogP contribution >= 0.6 is 15.9 Å². The van der Waals surface area contributed by atoms with Crippen LogP contribution in [0.15, 0.2) is 34.5 Å². The molecule has 0 heterocycles. The highest BCUT2D eigenvalue weighted by Gasteiger charge is 2.45. The minimum Gasteiger partial charge on any atom is -0.547 e. The maximum absolute atomic E-state index is 10.1. The Balaban J connectivity index is 2.51. The van der Waals surface area contributed by atoms with Crippen molar-refractivity contribution in [2.75, 3.05) is 14.2 Å². The highest BCUT2D eigenvalue weighted by atomic mass is 79.9. The van der Waals surface area contributed by atoms with Gasteiger partial charge in [0, 0.05) is 23.6 Å². The zero-order valence-corrected chi connectivity index (χ0v) is 17.4. The smallest absolute Gasteiger partial charge is 0.241 e. The number of nitriles is 1. The molecule has 4 nitrogen and oxygen atoms in total. The number of nitrogens with zero attached hydrogens (tertiary/aromatic N) is 1. The van der Waals surface area contributed by atoms with Gasteiger partial charge in [0.1, 0.15) is 17.3 Å². The SMILES string of the molecule is COc1ccc(Br)cc1C1(C#N)CCC(O[Si](C)(C)C)=CC1OC. The van der Waals surface area contributed by atoms with E-state index in [0.29, 0.717) is 18.6 Å². The van der Waals surface area contributed by atoms with Crippen molar-refractivity contribution < 1.29 is 13.9 Å². The molecule has 0 amide bonds. The van der Waals surface area contributed by atoms with Crippen molar-refractivity contribution in [1.29, 1.82) is 5.26 Å². The fourth-order valence-corrected chi connectivity index (χ4v) is 4.42. The van der Waals surface area contributed by atoms with Crippen LogP contribution in [0.4, 0.5) is 0 Å². The summed E-state index contributed by atoms with van der Waals surface area (Å²) in [5.41, 5.74) is 0.0490. The van der Waals surface area contributed by atoms with E-state index >= 15 is 0 Å². The molecule has 0 saturated heterocycles. The van der Waals surface area contributed by atoms with Crippen molar-refractivity contribution in [3.05, 3.63) is 40.1 Å². The molecule has 6 heteroatoms. The normalized spacial score (nSPS) is 24.0. The summed E-state index contributed by atoms with van der Waals surface area (Å²) in [6.07, 6.45) is 2.93. The summed E-state index contributed by atoms with van der Waals surface area (Å²) in [6, 6.07) is 8.24. The van der Waals surface area contributed by atoms with Gasteiger partial charge in [0.05, 0.1) is 18.9 Å². The first kappa shape index (κ1) is 19.0. The van der Waals surface area contributed by atoms with Crippen molar-refractivity contribution in [1.82, 2.24) is 0 Å². The predicted molar refractivity (Wildman–Crippen MR) is 101 cm³/mol. The van der Waals surface area contributed by atoms with Gasteiger partial charge in [-0.2, -0.15) is 5.26 Å². The van der Waals surface area contributed by atoms with E-state index in [1.54, 1.807) is 14.2 Å². The van der Waals surface area contributed by atoms with E-state index in [9.17, 15) is 5.26 Å². The number of hydrogen-bond acceptors (Lipinski definition) is 4. The summed E-state index contributed by atoms with van der Waals surface area (Å²) in [5, 5.41) is 10.1. The van der Waals surface area contributed by atoms with Crippen LogP contribution < -0.4 is 4.74 Å². The lowest BCUT2D eigenvalue weighted by Crippen LogP contribution is -2.42. The van der Waals surface area contributed by atoms with Gasteiger partial charge in [-0.1, -0.05) is 15.9 Å². The van der Waals surface area contributed by atoms with Crippen molar-refractivity contribution in [2.45, 2.75) is 44.0 Å². The van der Waals surface area contributed by atoms with E-state index in [1.807, 2.05) is 24.3 Å². The molecular formula is C18H24BrNO3Si. The first-order valence-electron chi connectivity index (χ1n) is 7.93. The minimum absolute atomic E-state index is 0.384. The predicted octanol–water partition coefficient (Wildman–Crippen LogP) is 4.76. The van der Waals surface area contributed by atoms with Crippen LogP contribution in [0.3, 0.4) is 0 Å². The molecule has 1 aromatic carbocycles. The topological polar surface area (TPSA) is 51.5 Å². The second kappa shape index (κ2) is 7.30. The van der Waals surface area contributed by atoms with Crippen LogP contribution in [-0.2, 0) is 14.6 Å². The lowest BCUT2D eigenvalue weighted by atomic mass is 9.70. The van der Waals surface area contributed by atoms with Crippen molar-refractivity contribution in [2.24, 2.45) is 0 Å². The van der Waals surface area contributed by atoms with Crippen molar-refractivity contribution in [3.63, 3.8) is 0 Å². The zero-order valence-electron chi connectivity index (χ0n) is 14.9. The van der Waals surface area contributed by atoms with Gasteiger partial charge in [0.15, 0.2) is 0 Å². The third-order valence-corrected chi connectivity index (χ3v) is 5.49. The second-order valence-electron chi connectivity index (χ2n) is 6.93. The fourth-order valence-electron chi connectivity index (χ4n) is 3.10. The molecule has 2 rings (SSSR count). The summed E-state index contributed by atoms with van der Waals surface area (Å²) in [4.78, 5) is 0.